The number of rotatable bonds is 38. The van der Waals surface area contributed by atoms with Crippen molar-refractivity contribution in [2.75, 3.05) is 73.2 Å². The van der Waals surface area contributed by atoms with E-state index in [4.69, 9.17) is 33.2 Å². The van der Waals surface area contributed by atoms with Gasteiger partial charge in [-0.25, -0.2) is 36.5 Å². The van der Waals surface area contributed by atoms with Gasteiger partial charge in [-0.05, 0) is 6.42 Å². The normalized spacial score (nSPS) is 27.8. The summed E-state index contributed by atoms with van der Waals surface area (Å²) < 4.78 is 206. The maximum absolute atomic E-state index is 15.7. The predicted molar refractivity (Wildman–Crippen MR) is 234 cm³/mol. The van der Waals surface area contributed by atoms with Gasteiger partial charge in [0.1, 0.15) is 79.9 Å². The lowest BCUT2D eigenvalue weighted by Crippen LogP contribution is -2.67. The molecule has 2 saturated carbocycles. The summed E-state index contributed by atoms with van der Waals surface area (Å²) in [6.07, 6.45) is -38.7. The number of alkyl halides is 2. The largest absolute Gasteiger partial charge is 0.470 e. The van der Waals surface area contributed by atoms with Crippen molar-refractivity contribution in [3.05, 3.63) is 0 Å². The molecular formula is C27H58F2O40P8. The molecule has 50 heteroatoms. The molecule has 0 aromatic rings. The Hall–Kier alpha value is 0.420. The van der Waals surface area contributed by atoms with E-state index in [0.717, 1.165) is 0 Å². The van der Waals surface area contributed by atoms with E-state index in [1.165, 1.54) is 7.11 Å². The lowest BCUT2D eigenvalue weighted by atomic mass is 9.84. The standard InChI is InChI=1S/C27H58F2O40P8/c1-3-4-5-55-8-10-57-15-19(62-70(30,31)32)16(22(65-73(39,40)41)25(68-76(48,49)50)21(15)64-72(36,37)38)59-12-13-61-27(28,29)14-60-18-20(63-71(33,34)35)17(58-11-9-56-7-6-54-2)23(66-74(42,43)44)26(69-77(51,52)53)24(18)67-75(45,46)47/h15-26H,3-14H2,1-2H3,(H2,30,31,32)(H2,33,34,35)(H2,36,37,38)(H2,39,40,41)(H2,42,43,44)(H2,45,46,47)(H2,48,49,50)(H2,51,52,53)/t15-,16+,17+,18-,19-,20+,21+,22-,23-,24+,25+,26+/m0/s1. The number of unbranched alkanes of at least 4 members (excludes halogenated alkanes) is 1. The van der Waals surface area contributed by atoms with E-state index in [1.54, 1.807) is 6.92 Å². The molecule has 0 aromatic carbocycles. The molecule has 0 bridgehead atoms. The predicted octanol–water partition coefficient (Wildman–Crippen LogP) is -2.53. The van der Waals surface area contributed by atoms with Crippen LogP contribution in [0.3, 0.4) is 0 Å². The summed E-state index contributed by atoms with van der Waals surface area (Å²) in [7, 11) is -47.6. The molecule has 2 rings (SSSR count). The molecule has 2 aliphatic rings. The van der Waals surface area contributed by atoms with Gasteiger partial charge in [0, 0.05) is 13.7 Å². The minimum absolute atomic E-state index is 0.0459. The first-order valence-corrected chi connectivity index (χ1v) is 33.1. The van der Waals surface area contributed by atoms with Gasteiger partial charge in [-0.15, -0.1) is 0 Å². The monoisotopic (exact) mass is 1310 g/mol. The van der Waals surface area contributed by atoms with Crippen LogP contribution < -0.4 is 0 Å². The molecule has 460 valence electrons. The van der Waals surface area contributed by atoms with Crippen molar-refractivity contribution >= 4 is 62.6 Å². The van der Waals surface area contributed by atoms with Crippen molar-refractivity contribution < 1.29 is 198 Å². The Morgan fingerprint density at radius 1 is 0.338 bits per heavy atom. The fraction of sp³-hybridized carbons (Fsp3) is 1.00. The molecule has 77 heavy (non-hydrogen) atoms. The number of methoxy groups -OCH3 is 1. The maximum Gasteiger partial charge on any atom is 0.470 e. The number of hydrogen-bond donors (Lipinski definition) is 16. The number of ether oxygens (including phenoxy) is 8. The van der Waals surface area contributed by atoms with Crippen LogP contribution in [0.4, 0.5) is 8.78 Å². The van der Waals surface area contributed by atoms with Gasteiger partial charge >= 0.3 is 68.7 Å². The summed E-state index contributed by atoms with van der Waals surface area (Å²) in [5, 5.41) is 0. The summed E-state index contributed by atoms with van der Waals surface area (Å²) in [5.74, 6) is 0. The summed E-state index contributed by atoms with van der Waals surface area (Å²) in [6.45, 7) is -6.75. The molecular weight excluding hydrogens is 1250 g/mol. The van der Waals surface area contributed by atoms with Crippen molar-refractivity contribution in [1.29, 1.82) is 0 Å². The molecule has 0 aliphatic heterocycles. The van der Waals surface area contributed by atoms with E-state index in [2.05, 4.69) is 40.9 Å². The lowest BCUT2D eigenvalue weighted by Gasteiger charge is -2.48. The zero-order valence-corrected chi connectivity index (χ0v) is 46.4. The van der Waals surface area contributed by atoms with Crippen LogP contribution in [0, 0.1) is 0 Å². The number of hydrogen-bond acceptors (Lipinski definition) is 24. The van der Waals surface area contributed by atoms with Crippen LogP contribution >= 0.6 is 62.6 Å². The number of phosphoric acid groups is 8. The van der Waals surface area contributed by atoms with Crippen LogP contribution in [0.2, 0.25) is 0 Å². The third kappa shape index (κ3) is 30.2. The Bertz CT molecular complexity index is 2180. The van der Waals surface area contributed by atoms with Crippen molar-refractivity contribution in [3.8, 4) is 0 Å². The van der Waals surface area contributed by atoms with Crippen LogP contribution in [0.15, 0.2) is 0 Å². The molecule has 0 radical (unpaired) electrons. The van der Waals surface area contributed by atoms with E-state index in [0.29, 0.717) is 12.8 Å². The Balaban J connectivity index is 2.72. The van der Waals surface area contributed by atoms with Gasteiger partial charge in [-0.3, -0.25) is 36.2 Å². The SMILES string of the molecule is CCCCOCCO[C@H]1[C@H](OP(=O)(O)O)[C@@H](OCCOC(F)(F)CO[C@H]2[C@H](OP(=O)(O)O)[C@@H](OCCOCCOC)[C@H](OP(=O)(O)O)[C@@H](OP(=O)(O)O)[C@@H]2OP(=O)(O)O)[C@H](OP(=O)(O)O)[C@H](OP(=O)(O)O)[C@@H]1OP(=O)(O)O. The maximum atomic E-state index is 15.7. The van der Waals surface area contributed by atoms with E-state index < -0.39 is 188 Å². The summed E-state index contributed by atoms with van der Waals surface area (Å²) in [6, 6.07) is 0. The smallest absolute Gasteiger partial charge is 0.382 e. The highest BCUT2D eigenvalue weighted by Gasteiger charge is 2.63. The van der Waals surface area contributed by atoms with Gasteiger partial charge in [0.25, 0.3) is 0 Å². The molecule has 2 aliphatic carbocycles. The van der Waals surface area contributed by atoms with E-state index in [9.17, 15) is 115 Å². The first kappa shape index (κ1) is 73.5. The Morgan fingerprint density at radius 2 is 0.571 bits per heavy atom. The number of phosphoric ester groups is 8. The zero-order chi connectivity index (χ0) is 59.2. The van der Waals surface area contributed by atoms with E-state index >= 15 is 8.78 Å². The summed E-state index contributed by atoms with van der Waals surface area (Å²) in [4.78, 5) is 156. The Labute approximate surface area is 431 Å². The molecule has 2 fully saturated rings. The van der Waals surface area contributed by atoms with Crippen molar-refractivity contribution in [2.45, 2.75) is 99.1 Å². The topological polar surface area (TPSA) is 608 Å². The first-order valence-electron chi connectivity index (χ1n) is 20.9. The minimum atomic E-state index is -6.22. The van der Waals surface area contributed by atoms with Gasteiger partial charge < -0.3 is 116 Å². The molecule has 16 N–H and O–H groups in total. The van der Waals surface area contributed by atoms with Crippen molar-refractivity contribution in [3.63, 3.8) is 0 Å². The fourth-order valence-electron chi connectivity index (χ4n) is 6.92. The zero-order valence-electron chi connectivity index (χ0n) is 39.2. The van der Waals surface area contributed by atoms with Crippen LogP contribution in [0.25, 0.3) is 0 Å². The highest BCUT2D eigenvalue weighted by Crippen LogP contribution is 2.56. The average Bonchev–Trinajstić information content (AvgIpc) is 3.20. The molecule has 0 saturated heterocycles. The van der Waals surface area contributed by atoms with Gasteiger partial charge in [-0.2, -0.15) is 8.78 Å². The second kappa shape index (κ2) is 31.0. The lowest BCUT2D eigenvalue weighted by molar-refractivity contribution is -0.299. The van der Waals surface area contributed by atoms with E-state index in [-0.39, 0.29) is 19.8 Å². The molecule has 12 atom stereocenters. The summed E-state index contributed by atoms with van der Waals surface area (Å²) >= 11 is 0. The second-order valence-corrected chi connectivity index (χ2v) is 24.9. The van der Waals surface area contributed by atoms with Crippen LogP contribution in [-0.2, 0) is 111 Å². The summed E-state index contributed by atoms with van der Waals surface area (Å²) in [5.41, 5.74) is 0. The van der Waals surface area contributed by atoms with Crippen molar-refractivity contribution in [1.82, 2.24) is 0 Å². The Kier molecular flexibility index (Phi) is 29.6. The highest BCUT2D eigenvalue weighted by molar-refractivity contribution is 7.48. The third-order valence-electron chi connectivity index (χ3n) is 9.26. The fourth-order valence-corrected chi connectivity index (χ4v) is 11.4. The third-order valence-corrected chi connectivity index (χ3v) is 13.4. The first-order chi connectivity index (χ1) is 34.8. The molecule has 0 heterocycles. The number of halogens is 2. The molecule has 0 aromatic heterocycles. The quantitative estimate of drug-likeness (QED) is 0.0224. The average molecular weight is 1310 g/mol. The van der Waals surface area contributed by atoms with Crippen LogP contribution in [0.1, 0.15) is 19.8 Å². The van der Waals surface area contributed by atoms with E-state index in [1.807, 2.05) is 0 Å². The highest BCUT2D eigenvalue weighted by atomic mass is 31.2. The molecule has 0 amide bonds. The minimum Gasteiger partial charge on any atom is -0.382 e. The molecule has 0 unspecified atom stereocenters. The van der Waals surface area contributed by atoms with Crippen LogP contribution in [0.5, 0.6) is 0 Å². The van der Waals surface area contributed by atoms with Crippen LogP contribution in [-0.4, -0.2) is 231 Å². The van der Waals surface area contributed by atoms with Crippen molar-refractivity contribution in [2.24, 2.45) is 0 Å². The van der Waals surface area contributed by atoms with Gasteiger partial charge in [-0.1, -0.05) is 13.3 Å². The van der Waals surface area contributed by atoms with Gasteiger partial charge in [0.2, 0.25) is 0 Å². The van der Waals surface area contributed by atoms with Gasteiger partial charge in [0.15, 0.2) is 0 Å². The Morgan fingerprint density at radius 3 is 0.844 bits per heavy atom. The van der Waals surface area contributed by atoms with Gasteiger partial charge in [0.05, 0.1) is 52.9 Å². The second-order valence-electron chi connectivity index (χ2n) is 15.3. The molecule has 0 spiro atoms. The molecule has 40 nitrogen and oxygen atoms in total.